The Hall–Kier alpha value is -1.69. The maximum absolute atomic E-state index is 13.5. The minimum atomic E-state index is -3.22. The zero-order valence-electron chi connectivity index (χ0n) is 14.9. The van der Waals surface area contributed by atoms with Crippen molar-refractivity contribution >= 4 is 55.6 Å². The van der Waals surface area contributed by atoms with E-state index in [1.807, 2.05) is 0 Å². The van der Waals surface area contributed by atoms with Gasteiger partial charge in [-0.2, -0.15) is 4.40 Å². The van der Waals surface area contributed by atoms with Crippen molar-refractivity contribution < 1.29 is 12.8 Å². The number of benzene rings is 2. The molecule has 0 aliphatic heterocycles. The van der Waals surface area contributed by atoms with Gasteiger partial charge in [0.15, 0.2) is 20.2 Å². The number of hydrogen-bond acceptors (Lipinski definition) is 7. The molecule has 2 aromatic carbocycles. The molecule has 2 aromatic rings. The Balaban J connectivity index is 1.98. The average Bonchev–Trinajstić information content (AvgIpc) is 2.63. The van der Waals surface area contributed by atoms with Gasteiger partial charge >= 0.3 is 0 Å². The maximum Gasteiger partial charge on any atom is 0.175 e. The lowest BCUT2D eigenvalue weighted by molar-refractivity contribution is 0.602. The second-order valence-corrected chi connectivity index (χ2v) is 10.5. The minimum absolute atomic E-state index is 0.0410. The Morgan fingerprint density at radius 1 is 1.11 bits per heavy atom. The van der Waals surface area contributed by atoms with Crippen molar-refractivity contribution in [1.29, 1.82) is 5.41 Å². The first-order valence-electron chi connectivity index (χ1n) is 7.82. The highest BCUT2D eigenvalue weighted by atomic mass is 32.2. The summed E-state index contributed by atoms with van der Waals surface area (Å²) in [6.45, 7) is 0. The zero-order valence-corrected chi connectivity index (χ0v) is 18.2. The van der Waals surface area contributed by atoms with Crippen LogP contribution in [0.1, 0.15) is 11.1 Å². The van der Waals surface area contributed by atoms with E-state index >= 15 is 0 Å². The van der Waals surface area contributed by atoms with Crippen molar-refractivity contribution in [3.63, 3.8) is 0 Å². The highest BCUT2D eigenvalue weighted by Gasteiger charge is 2.08. The monoisotopic (exact) mass is 458 g/mol. The van der Waals surface area contributed by atoms with Crippen molar-refractivity contribution in [2.24, 2.45) is 15.9 Å². The molecule has 0 bridgehead atoms. The summed E-state index contributed by atoms with van der Waals surface area (Å²) in [5.74, 6) is 0.536. The van der Waals surface area contributed by atoms with Crippen molar-refractivity contribution in [3.8, 4) is 0 Å². The van der Waals surface area contributed by atoms with Gasteiger partial charge in [0.05, 0.1) is 4.90 Å². The smallest absolute Gasteiger partial charge is 0.175 e. The number of nitrogens with zero attached hydrogens (tertiary/aromatic N) is 1. The van der Waals surface area contributed by atoms with Gasteiger partial charge in [-0.3, -0.25) is 5.41 Å². The van der Waals surface area contributed by atoms with Gasteiger partial charge in [0.2, 0.25) is 0 Å². The Kier molecular flexibility index (Phi) is 8.23. The Bertz CT molecular complexity index is 979. The van der Waals surface area contributed by atoms with E-state index in [0.717, 1.165) is 40.4 Å². The molecule has 0 heterocycles. The first-order valence-corrected chi connectivity index (χ1v) is 12.5. The molecule has 2 rings (SSSR count). The van der Waals surface area contributed by atoms with Gasteiger partial charge in [0.25, 0.3) is 0 Å². The molecule has 150 valence electrons. The van der Waals surface area contributed by atoms with Gasteiger partial charge in [-0.15, -0.1) is 0 Å². The summed E-state index contributed by atoms with van der Waals surface area (Å²) in [5, 5.41) is 7.58. The number of thioether (sulfide) groups is 2. The number of hydrogen-bond donors (Lipinski definition) is 3. The number of nitrogens with one attached hydrogen (secondary N) is 1. The molecule has 0 aliphatic carbocycles. The third kappa shape index (κ3) is 7.38. The van der Waals surface area contributed by atoms with Gasteiger partial charge in [0, 0.05) is 34.6 Å². The second-order valence-electron chi connectivity index (χ2n) is 5.63. The molecule has 0 spiro atoms. The molecular formula is C17H19FN4O2S4. The first kappa shape index (κ1) is 22.6. The molecule has 6 nitrogen and oxygen atoms in total. The van der Waals surface area contributed by atoms with E-state index in [9.17, 15) is 12.8 Å². The standard InChI is InChI=1S/C17H19FN4O2S4/c1-28(23,24)14-5-2-11(3-6-14)9-26-17(21)22-27-15-7-4-13(18)8-12(15)10-25-16(19)20/h2-8H,9-10H2,1H3,(H3,19,20)(H2,21,22). The van der Waals surface area contributed by atoms with Gasteiger partial charge < -0.3 is 11.5 Å². The van der Waals surface area contributed by atoms with Crippen molar-refractivity contribution in [1.82, 2.24) is 0 Å². The lowest BCUT2D eigenvalue weighted by Crippen LogP contribution is -2.06. The molecule has 0 fully saturated rings. The topological polar surface area (TPSA) is 122 Å². The molecule has 0 radical (unpaired) electrons. The lowest BCUT2D eigenvalue weighted by atomic mass is 10.2. The third-order valence-electron chi connectivity index (χ3n) is 3.38. The van der Waals surface area contributed by atoms with Gasteiger partial charge in [-0.05, 0) is 41.5 Å². The highest BCUT2D eigenvalue weighted by molar-refractivity contribution is 8.14. The van der Waals surface area contributed by atoms with E-state index < -0.39 is 9.84 Å². The van der Waals surface area contributed by atoms with E-state index in [4.69, 9.17) is 16.9 Å². The summed E-state index contributed by atoms with van der Waals surface area (Å²) in [4.78, 5) is 1.00. The molecular weight excluding hydrogens is 439 g/mol. The van der Waals surface area contributed by atoms with E-state index in [2.05, 4.69) is 4.40 Å². The maximum atomic E-state index is 13.5. The van der Waals surface area contributed by atoms with Crippen LogP contribution in [0.4, 0.5) is 4.39 Å². The fourth-order valence-electron chi connectivity index (χ4n) is 2.02. The molecule has 5 N–H and O–H groups in total. The van der Waals surface area contributed by atoms with Crippen LogP contribution in [0.25, 0.3) is 0 Å². The predicted octanol–water partition coefficient (Wildman–Crippen LogP) is 3.61. The number of rotatable bonds is 7. The molecule has 11 heteroatoms. The van der Waals surface area contributed by atoms with E-state index in [1.54, 1.807) is 30.3 Å². The van der Waals surface area contributed by atoms with Crippen LogP contribution >= 0.6 is 35.5 Å². The van der Waals surface area contributed by atoms with E-state index in [-0.39, 0.29) is 15.9 Å². The average molecular weight is 459 g/mol. The first-order chi connectivity index (χ1) is 13.1. The fourth-order valence-corrected chi connectivity index (χ4v) is 4.68. The molecule has 0 aliphatic rings. The number of halogens is 1. The fraction of sp³-hybridized carbons (Fsp3) is 0.176. The summed E-state index contributed by atoms with van der Waals surface area (Å²) < 4.78 is 40.7. The molecule has 0 amide bonds. The van der Waals surface area contributed by atoms with Crippen molar-refractivity contribution in [3.05, 3.63) is 59.4 Å². The molecule has 0 aromatic heterocycles. The summed E-state index contributed by atoms with van der Waals surface area (Å²) >= 11 is 3.55. The summed E-state index contributed by atoms with van der Waals surface area (Å²) in [6.07, 6.45) is 1.16. The Labute approximate surface area is 176 Å². The largest absolute Gasteiger partial charge is 0.379 e. The van der Waals surface area contributed by atoms with Crippen LogP contribution in [0.2, 0.25) is 0 Å². The normalized spacial score (nSPS) is 12.1. The van der Waals surface area contributed by atoms with E-state index in [0.29, 0.717) is 22.2 Å². The zero-order chi connectivity index (χ0) is 20.7. The van der Waals surface area contributed by atoms with Crippen LogP contribution in [0.5, 0.6) is 0 Å². The van der Waals surface area contributed by atoms with Crippen LogP contribution in [0, 0.1) is 11.2 Å². The summed E-state index contributed by atoms with van der Waals surface area (Å²) in [6, 6.07) is 10.9. The number of sulfone groups is 1. The van der Waals surface area contributed by atoms with E-state index in [1.165, 1.54) is 23.9 Å². The van der Waals surface area contributed by atoms with Crippen molar-refractivity contribution in [2.75, 3.05) is 6.26 Å². The summed E-state index contributed by atoms with van der Waals surface area (Å²) in [5.41, 5.74) is 12.9. The van der Waals surface area contributed by atoms with Crippen LogP contribution in [0.3, 0.4) is 0 Å². The summed E-state index contributed by atoms with van der Waals surface area (Å²) in [7, 11) is -3.22. The molecule has 0 unspecified atom stereocenters. The third-order valence-corrected chi connectivity index (χ3v) is 7.14. The van der Waals surface area contributed by atoms with Crippen LogP contribution < -0.4 is 11.5 Å². The Morgan fingerprint density at radius 3 is 2.39 bits per heavy atom. The SMILES string of the molecule is CS(=O)(=O)c1ccc(CSC(N)=NSc2ccc(F)cc2CSC(=N)N)cc1. The van der Waals surface area contributed by atoms with Crippen molar-refractivity contribution in [2.45, 2.75) is 21.3 Å². The number of nitrogens with two attached hydrogens (primary N) is 2. The quantitative estimate of drug-likeness (QED) is 0.329. The molecule has 0 saturated carbocycles. The molecule has 28 heavy (non-hydrogen) atoms. The number of amidine groups is 2. The van der Waals surface area contributed by atoms with Crippen LogP contribution in [-0.4, -0.2) is 25.0 Å². The molecule has 0 atom stereocenters. The molecule has 0 saturated heterocycles. The lowest BCUT2D eigenvalue weighted by Gasteiger charge is -2.07. The highest BCUT2D eigenvalue weighted by Crippen LogP contribution is 2.28. The van der Waals surface area contributed by atoms with Gasteiger partial charge in [-0.25, -0.2) is 12.8 Å². The van der Waals surface area contributed by atoms with Crippen LogP contribution in [-0.2, 0) is 21.3 Å². The Morgan fingerprint density at radius 2 is 1.79 bits per heavy atom. The predicted molar refractivity (Wildman–Crippen MR) is 118 cm³/mol. The van der Waals surface area contributed by atoms with Gasteiger partial charge in [0.1, 0.15) is 5.82 Å². The minimum Gasteiger partial charge on any atom is -0.379 e. The second kappa shape index (κ2) is 10.2. The van der Waals surface area contributed by atoms with Crippen LogP contribution in [0.15, 0.2) is 56.7 Å². The van der Waals surface area contributed by atoms with Gasteiger partial charge in [-0.1, -0.05) is 35.7 Å².